The van der Waals surface area contributed by atoms with Gasteiger partial charge in [-0.25, -0.2) is 10.1 Å². The number of unbranched alkanes of at least 4 members (excludes halogenated alkanes) is 4. The summed E-state index contributed by atoms with van der Waals surface area (Å²) >= 11 is 0. The van der Waals surface area contributed by atoms with E-state index in [-0.39, 0.29) is 62.6 Å². The Morgan fingerprint density at radius 1 is 0.645 bits per heavy atom. The van der Waals surface area contributed by atoms with Gasteiger partial charge in [0.05, 0.1) is 58.0 Å². The third-order valence-corrected chi connectivity index (χ3v) is 9.52. The van der Waals surface area contributed by atoms with E-state index >= 15 is 0 Å². The molecule has 6 N–H and O–H groups in total. The zero-order valence-electron chi connectivity index (χ0n) is 35.6. The minimum absolute atomic E-state index is 0.0946. The van der Waals surface area contributed by atoms with E-state index in [1.807, 2.05) is 50.2 Å². The second-order valence-electron chi connectivity index (χ2n) is 14.0. The summed E-state index contributed by atoms with van der Waals surface area (Å²) in [7, 11) is 3.12. The molecule has 336 valence electrons. The van der Waals surface area contributed by atoms with Crippen molar-refractivity contribution in [1.29, 1.82) is 0 Å². The molecule has 0 radical (unpaired) electrons. The number of methoxy groups -OCH3 is 2. The van der Waals surface area contributed by atoms with Crippen molar-refractivity contribution in [2.75, 3.05) is 40.6 Å². The Morgan fingerprint density at radius 2 is 1.16 bits per heavy atom. The van der Waals surface area contributed by atoms with Crippen LogP contribution < -0.4 is 30.7 Å². The molecule has 2 aromatic heterocycles. The Hall–Kier alpha value is -6.66. The number of carbonyl (C=O) groups excluding carboxylic acids is 6. The number of furan rings is 2. The van der Waals surface area contributed by atoms with Crippen LogP contribution in [0.2, 0.25) is 0 Å². The minimum Gasteiger partial charge on any atom is -0.497 e. The number of nitrogens with one attached hydrogen (secondary N) is 4. The van der Waals surface area contributed by atoms with Gasteiger partial charge in [0, 0.05) is 5.56 Å². The number of rotatable bonds is 26. The fraction of sp³-hybridized carbons (Fsp3) is 0.409. The maximum absolute atomic E-state index is 12.4. The van der Waals surface area contributed by atoms with E-state index in [2.05, 4.69) is 21.3 Å². The average Bonchev–Trinajstić information content (AvgIpc) is 4.00. The maximum atomic E-state index is 12.4. The first kappa shape index (κ1) is 49.7. The first-order valence-electron chi connectivity index (χ1n) is 20.4. The number of carbonyl (C=O) groups is 6. The lowest BCUT2D eigenvalue weighted by Gasteiger charge is -2.19. The van der Waals surface area contributed by atoms with Crippen molar-refractivity contribution < 1.29 is 57.5 Å². The van der Waals surface area contributed by atoms with Crippen LogP contribution in [0.4, 0.5) is 0 Å². The lowest BCUT2D eigenvalue weighted by molar-refractivity contribution is -0.155. The molecule has 0 saturated heterocycles. The Kier molecular flexibility index (Phi) is 21.8. The predicted octanol–water partition coefficient (Wildman–Crippen LogP) is 5.61. The lowest BCUT2D eigenvalue weighted by Crippen LogP contribution is -2.42. The summed E-state index contributed by atoms with van der Waals surface area (Å²) in [4.78, 5) is 70.8. The van der Waals surface area contributed by atoms with Gasteiger partial charge in [-0.05, 0) is 61.4 Å². The molecule has 2 aromatic carbocycles. The van der Waals surface area contributed by atoms with Gasteiger partial charge in [0.15, 0.2) is 11.5 Å². The Labute approximate surface area is 360 Å². The number of ether oxygens (including phenoxy) is 2. The van der Waals surface area contributed by atoms with Crippen LogP contribution in [0, 0.1) is 11.8 Å². The van der Waals surface area contributed by atoms with E-state index < -0.39 is 23.7 Å². The van der Waals surface area contributed by atoms with Gasteiger partial charge in [-0.3, -0.25) is 39.2 Å². The molecule has 4 rings (SSSR count). The summed E-state index contributed by atoms with van der Waals surface area (Å²) < 4.78 is 21.7. The van der Waals surface area contributed by atoms with Crippen LogP contribution in [0.25, 0.3) is 22.6 Å². The number of hydroxylamine groups is 4. The summed E-state index contributed by atoms with van der Waals surface area (Å²) in [5.41, 5.74) is 1.49. The molecular formula is C44H58N6O12. The van der Waals surface area contributed by atoms with Gasteiger partial charge in [0.2, 0.25) is 24.6 Å². The molecule has 0 aliphatic heterocycles. The van der Waals surface area contributed by atoms with Gasteiger partial charge in [-0.1, -0.05) is 76.6 Å². The highest BCUT2D eigenvalue weighted by atomic mass is 16.5. The molecule has 18 heteroatoms. The second kappa shape index (κ2) is 27.2. The van der Waals surface area contributed by atoms with Gasteiger partial charge in [-0.2, -0.15) is 0 Å². The molecule has 0 unspecified atom stereocenters. The molecule has 2 atom stereocenters. The molecule has 0 aliphatic carbocycles. The largest absolute Gasteiger partial charge is 0.497 e. The molecular weight excluding hydrogens is 805 g/mol. The first-order valence-corrected chi connectivity index (χ1v) is 20.4. The Bertz CT molecular complexity index is 2020. The van der Waals surface area contributed by atoms with Gasteiger partial charge in [0.1, 0.15) is 23.0 Å². The highest BCUT2D eigenvalue weighted by molar-refractivity contribution is 5.93. The highest BCUT2D eigenvalue weighted by Crippen LogP contribution is 2.31. The van der Waals surface area contributed by atoms with E-state index in [4.69, 9.17) is 18.3 Å². The third-order valence-electron chi connectivity index (χ3n) is 9.52. The number of benzene rings is 2. The van der Waals surface area contributed by atoms with E-state index in [0.29, 0.717) is 46.0 Å². The molecule has 0 bridgehead atoms. The molecule has 0 aliphatic rings. The molecule has 2 heterocycles. The first-order chi connectivity index (χ1) is 30.0. The highest BCUT2D eigenvalue weighted by Gasteiger charge is 2.23. The van der Waals surface area contributed by atoms with Crippen LogP contribution in [-0.2, 0) is 19.2 Å². The van der Waals surface area contributed by atoms with Gasteiger partial charge in [-0.15, -0.1) is 0 Å². The van der Waals surface area contributed by atoms with Crippen molar-refractivity contribution in [3.63, 3.8) is 0 Å². The quantitative estimate of drug-likeness (QED) is 0.0149. The van der Waals surface area contributed by atoms with E-state index in [9.17, 15) is 39.2 Å². The van der Waals surface area contributed by atoms with Crippen LogP contribution in [-0.4, -0.2) is 97.6 Å². The molecule has 18 nitrogen and oxygen atoms in total. The summed E-state index contributed by atoms with van der Waals surface area (Å²) in [6.07, 6.45) is 7.04. The van der Waals surface area contributed by atoms with Crippen LogP contribution in [0.3, 0.4) is 0 Å². The van der Waals surface area contributed by atoms with Gasteiger partial charge < -0.3 is 39.6 Å². The zero-order valence-corrected chi connectivity index (χ0v) is 35.6. The summed E-state index contributed by atoms with van der Waals surface area (Å²) in [6.45, 7) is 3.66. The van der Waals surface area contributed by atoms with E-state index in [0.717, 1.165) is 49.7 Å². The standard InChI is InChI=1S/2C22H29N3O6/c1-3-4-5-8-16(13-25(29)15-26)21(27)23-14-24-22(28)20-12-11-19(31-20)17-9-6-7-10-18(17)30-2;1-3-4-5-7-17(13-25(29)15-26)21(27)23-14-24-22(28)20-11-10-19(31-20)16-8-6-9-18(12-16)30-2/h6-7,9-12,15-16,29H,3-5,8,13-14H2,1-2H3,(H,23,27)(H,24,28);6,8-12,15,17,29H,3-5,7,13-14H2,1-2H3,(H,23,27)(H,24,28)/t16-;17-/m11/s1. The molecule has 62 heavy (non-hydrogen) atoms. The van der Waals surface area contributed by atoms with Crippen molar-refractivity contribution in [3.8, 4) is 34.1 Å². The maximum Gasteiger partial charge on any atom is 0.288 e. The zero-order chi connectivity index (χ0) is 45.3. The summed E-state index contributed by atoms with van der Waals surface area (Å²) in [6, 6.07) is 21.0. The molecule has 6 amide bonds. The molecule has 0 fully saturated rings. The van der Waals surface area contributed by atoms with Crippen molar-refractivity contribution >= 4 is 36.4 Å². The van der Waals surface area contributed by atoms with Crippen molar-refractivity contribution in [1.82, 2.24) is 31.4 Å². The van der Waals surface area contributed by atoms with E-state index in [1.54, 1.807) is 50.6 Å². The number of hydrogen-bond donors (Lipinski definition) is 6. The van der Waals surface area contributed by atoms with Crippen LogP contribution >= 0.6 is 0 Å². The van der Waals surface area contributed by atoms with Gasteiger partial charge >= 0.3 is 0 Å². The number of nitrogens with zero attached hydrogens (tertiary/aromatic N) is 2. The molecule has 0 spiro atoms. The van der Waals surface area contributed by atoms with Crippen molar-refractivity contribution in [3.05, 3.63) is 84.3 Å². The summed E-state index contributed by atoms with van der Waals surface area (Å²) in [5.74, 6) is -0.312. The number of hydrogen-bond acceptors (Lipinski definition) is 12. The van der Waals surface area contributed by atoms with Crippen LogP contribution in [0.1, 0.15) is 86.3 Å². The normalized spacial score (nSPS) is 11.5. The second-order valence-corrected chi connectivity index (χ2v) is 14.0. The fourth-order valence-electron chi connectivity index (χ4n) is 6.16. The van der Waals surface area contributed by atoms with Crippen molar-refractivity contribution in [2.24, 2.45) is 11.8 Å². The van der Waals surface area contributed by atoms with Crippen LogP contribution in [0.5, 0.6) is 11.5 Å². The number of para-hydroxylation sites is 1. The Morgan fingerprint density at radius 3 is 1.66 bits per heavy atom. The number of amides is 6. The molecule has 0 saturated carbocycles. The topological polar surface area (TPSA) is 242 Å². The third kappa shape index (κ3) is 16.4. The minimum atomic E-state index is -0.570. The SMILES string of the molecule is CCCCC[C@H](CN(O)C=O)C(=O)NCNC(=O)c1ccc(-c2cccc(OC)c2)o1.CCCCC[C@H](CN(O)C=O)C(=O)NCNC(=O)c1ccc(-c2ccccc2OC)o1. The van der Waals surface area contributed by atoms with E-state index in [1.165, 1.54) is 0 Å². The average molecular weight is 863 g/mol. The Balaban J connectivity index is 0.000000330. The fourth-order valence-corrected chi connectivity index (χ4v) is 6.16. The van der Waals surface area contributed by atoms with Crippen LogP contribution in [0.15, 0.2) is 81.6 Å². The predicted molar refractivity (Wildman–Crippen MR) is 227 cm³/mol. The van der Waals surface area contributed by atoms with Crippen molar-refractivity contribution in [2.45, 2.75) is 65.2 Å². The monoisotopic (exact) mass is 862 g/mol. The van der Waals surface area contributed by atoms with Gasteiger partial charge in [0.25, 0.3) is 11.8 Å². The molecule has 4 aromatic rings. The smallest absolute Gasteiger partial charge is 0.288 e. The lowest BCUT2D eigenvalue weighted by atomic mass is 10.0. The summed E-state index contributed by atoms with van der Waals surface area (Å²) in [5, 5.41) is 30.1.